The number of aromatic hydroxyl groups is 1. The minimum atomic E-state index is -0.891. The number of carbonyl (C=O) groups is 1. The molecule has 0 bridgehead atoms. The molecule has 1 atom stereocenters. The first-order valence-electron chi connectivity index (χ1n) is 5.36. The van der Waals surface area contributed by atoms with Gasteiger partial charge in [-0.05, 0) is 32.4 Å². The van der Waals surface area contributed by atoms with Gasteiger partial charge in [-0.2, -0.15) is 0 Å². The lowest BCUT2D eigenvalue weighted by atomic mass is 9.96. The number of benzene rings is 1. The van der Waals surface area contributed by atoms with Crippen LogP contribution in [-0.4, -0.2) is 16.2 Å². The van der Waals surface area contributed by atoms with Gasteiger partial charge in [-0.15, -0.1) is 0 Å². The molecule has 0 spiro atoms. The monoisotopic (exact) mass is 234 g/mol. The van der Waals surface area contributed by atoms with Gasteiger partial charge in [0.2, 0.25) is 0 Å². The van der Waals surface area contributed by atoms with E-state index in [2.05, 4.69) is 0 Å². The smallest absolute Gasteiger partial charge is 0.310 e. The standard InChI is InChI=1S/C13H14O4/c1-6-4-10(14)8(3)12-11(6)9(5-17-12)7(2)13(15)16/h4-5,7,14H,1-3H3,(H,15,16). The number of carboxylic acid groups (broad SMARTS) is 1. The Bertz CT molecular complexity index is 595. The predicted molar refractivity (Wildman–Crippen MR) is 63.4 cm³/mol. The number of rotatable bonds is 2. The Labute approximate surface area is 98.5 Å². The van der Waals surface area contributed by atoms with Crippen LogP contribution in [0.4, 0.5) is 0 Å². The molecule has 2 aromatic rings. The van der Waals surface area contributed by atoms with Crippen LogP contribution < -0.4 is 0 Å². The number of phenols is 1. The zero-order chi connectivity index (χ0) is 12.7. The lowest BCUT2D eigenvalue weighted by Crippen LogP contribution is -2.06. The number of furan rings is 1. The first kappa shape index (κ1) is 11.5. The molecular weight excluding hydrogens is 220 g/mol. The number of hydrogen-bond acceptors (Lipinski definition) is 3. The highest BCUT2D eigenvalue weighted by atomic mass is 16.4. The average molecular weight is 234 g/mol. The average Bonchev–Trinajstić information content (AvgIpc) is 2.69. The molecule has 2 rings (SSSR count). The maximum atomic E-state index is 11.0. The molecule has 1 unspecified atom stereocenters. The van der Waals surface area contributed by atoms with Crippen LogP contribution in [0.3, 0.4) is 0 Å². The van der Waals surface area contributed by atoms with Gasteiger partial charge in [0.25, 0.3) is 0 Å². The fourth-order valence-corrected chi connectivity index (χ4v) is 2.01. The number of phenolic OH excluding ortho intramolecular Hbond substituents is 1. The third-order valence-corrected chi connectivity index (χ3v) is 3.13. The summed E-state index contributed by atoms with van der Waals surface area (Å²) in [5.74, 6) is -1.35. The second kappa shape index (κ2) is 3.80. The van der Waals surface area contributed by atoms with Crippen LogP contribution in [-0.2, 0) is 4.79 Å². The molecular formula is C13H14O4. The van der Waals surface area contributed by atoms with Crippen LogP contribution >= 0.6 is 0 Å². The third-order valence-electron chi connectivity index (χ3n) is 3.13. The summed E-state index contributed by atoms with van der Waals surface area (Å²) < 4.78 is 5.39. The van der Waals surface area contributed by atoms with E-state index in [1.54, 1.807) is 19.9 Å². The van der Waals surface area contributed by atoms with Gasteiger partial charge < -0.3 is 14.6 Å². The minimum absolute atomic E-state index is 0.166. The number of aryl methyl sites for hydroxylation is 2. The fraction of sp³-hybridized carbons (Fsp3) is 0.308. The zero-order valence-corrected chi connectivity index (χ0v) is 9.94. The molecule has 4 nitrogen and oxygen atoms in total. The Morgan fingerprint density at radius 3 is 2.65 bits per heavy atom. The van der Waals surface area contributed by atoms with Gasteiger partial charge in [-0.3, -0.25) is 4.79 Å². The topological polar surface area (TPSA) is 70.7 Å². The molecule has 0 radical (unpaired) electrons. The van der Waals surface area contributed by atoms with E-state index in [-0.39, 0.29) is 5.75 Å². The van der Waals surface area contributed by atoms with Gasteiger partial charge in [0.15, 0.2) is 0 Å². The summed E-state index contributed by atoms with van der Waals surface area (Å²) in [6, 6.07) is 1.63. The van der Waals surface area contributed by atoms with Crippen molar-refractivity contribution in [1.82, 2.24) is 0 Å². The summed E-state index contributed by atoms with van der Waals surface area (Å²) >= 11 is 0. The molecule has 0 saturated heterocycles. The van der Waals surface area contributed by atoms with E-state index >= 15 is 0 Å². The molecule has 1 aromatic carbocycles. The van der Waals surface area contributed by atoms with E-state index in [9.17, 15) is 9.90 Å². The molecule has 0 aliphatic carbocycles. The van der Waals surface area contributed by atoms with Crippen molar-refractivity contribution < 1.29 is 19.4 Å². The van der Waals surface area contributed by atoms with Gasteiger partial charge in [0.1, 0.15) is 11.3 Å². The van der Waals surface area contributed by atoms with Gasteiger partial charge in [0.05, 0.1) is 12.2 Å². The maximum Gasteiger partial charge on any atom is 0.310 e. The molecule has 4 heteroatoms. The van der Waals surface area contributed by atoms with Crippen molar-refractivity contribution in [3.05, 3.63) is 29.0 Å². The fourth-order valence-electron chi connectivity index (χ4n) is 2.01. The lowest BCUT2D eigenvalue weighted by molar-refractivity contribution is -0.138. The van der Waals surface area contributed by atoms with Crippen molar-refractivity contribution in [1.29, 1.82) is 0 Å². The summed E-state index contributed by atoms with van der Waals surface area (Å²) in [4.78, 5) is 11.0. The van der Waals surface area contributed by atoms with Crippen LogP contribution in [0.25, 0.3) is 11.0 Å². The van der Waals surface area contributed by atoms with Crippen LogP contribution in [0.1, 0.15) is 29.5 Å². The van der Waals surface area contributed by atoms with Crippen molar-refractivity contribution in [3.63, 3.8) is 0 Å². The van der Waals surface area contributed by atoms with Crippen LogP contribution in [0.15, 0.2) is 16.7 Å². The van der Waals surface area contributed by atoms with Crippen LogP contribution in [0.5, 0.6) is 5.75 Å². The maximum absolute atomic E-state index is 11.0. The third kappa shape index (κ3) is 1.65. The van der Waals surface area contributed by atoms with Crippen molar-refractivity contribution >= 4 is 16.9 Å². The summed E-state index contributed by atoms with van der Waals surface area (Å²) in [6.07, 6.45) is 1.46. The molecule has 0 amide bonds. The van der Waals surface area contributed by atoms with Gasteiger partial charge in [-0.1, -0.05) is 0 Å². The highest BCUT2D eigenvalue weighted by molar-refractivity contribution is 5.92. The van der Waals surface area contributed by atoms with Crippen LogP contribution in [0.2, 0.25) is 0 Å². The Morgan fingerprint density at radius 2 is 2.06 bits per heavy atom. The van der Waals surface area contributed by atoms with Crippen molar-refractivity contribution in [3.8, 4) is 5.75 Å². The molecule has 0 aliphatic heterocycles. The second-order valence-electron chi connectivity index (χ2n) is 4.29. The van der Waals surface area contributed by atoms with E-state index in [4.69, 9.17) is 9.52 Å². The second-order valence-corrected chi connectivity index (χ2v) is 4.29. The molecule has 1 heterocycles. The Hall–Kier alpha value is -1.97. The largest absolute Gasteiger partial charge is 0.508 e. The van der Waals surface area contributed by atoms with Crippen LogP contribution in [0, 0.1) is 13.8 Å². The molecule has 90 valence electrons. The highest BCUT2D eigenvalue weighted by Crippen LogP contribution is 2.36. The number of carboxylic acids is 1. The quantitative estimate of drug-likeness (QED) is 0.838. The molecule has 0 fully saturated rings. The summed E-state index contributed by atoms with van der Waals surface area (Å²) in [7, 11) is 0. The molecule has 17 heavy (non-hydrogen) atoms. The summed E-state index contributed by atoms with van der Waals surface area (Å²) in [5.41, 5.74) is 2.66. The zero-order valence-electron chi connectivity index (χ0n) is 9.94. The molecule has 0 aliphatic rings. The van der Waals surface area contributed by atoms with Gasteiger partial charge >= 0.3 is 5.97 Å². The van der Waals surface area contributed by atoms with Gasteiger partial charge in [-0.25, -0.2) is 0 Å². The predicted octanol–water partition coefficient (Wildman–Crippen LogP) is 2.94. The molecule has 0 saturated carbocycles. The summed E-state index contributed by atoms with van der Waals surface area (Å²) in [6.45, 7) is 5.19. The van der Waals surface area contributed by atoms with E-state index in [0.29, 0.717) is 16.7 Å². The van der Waals surface area contributed by atoms with Crippen molar-refractivity contribution in [2.24, 2.45) is 0 Å². The normalized spacial score (nSPS) is 12.9. The Kier molecular flexibility index (Phi) is 2.58. The van der Waals surface area contributed by atoms with Crippen molar-refractivity contribution in [2.75, 3.05) is 0 Å². The van der Waals surface area contributed by atoms with E-state index in [1.165, 1.54) is 6.26 Å². The van der Waals surface area contributed by atoms with Gasteiger partial charge in [0, 0.05) is 16.5 Å². The highest BCUT2D eigenvalue weighted by Gasteiger charge is 2.22. The minimum Gasteiger partial charge on any atom is -0.508 e. The molecule has 2 N–H and O–H groups in total. The SMILES string of the molecule is Cc1c(O)cc(C)c2c(C(C)C(=O)O)coc12. The first-order chi connectivity index (χ1) is 7.93. The Morgan fingerprint density at radius 1 is 1.41 bits per heavy atom. The van der Waals surface area contributed by atoms with E-state index in [1.807, 2.05) is 6.92 Å². The number of fused-ring (bicyclic) bond motifs is 1. The number of hydrogen-bond donors (Lipinski definition) is 2. The summed E-state index contributed by atoms with van der Waals surface area (Å²) in [5, 5.41) is 19.5. The Balaban J connectivity index is 2.77. The van der Waals surface area contributed by atoms with E-state index in [0.717, 1.165) is 10.9 Å². The first-order valence-corrected chi connectivity index (χ1v) is 5.36. The number of aliphatic carboxylic acids is 1. The lowest BCUT2D eigenvalue weighted by Gasteiger charge is -2.07. The molecule has 1 aromatic heterocycles. The van der Waals surface area contributed by atoms with Crippen molar-refractivity contribution in [2.45, 2.75) is 26.7 Å². The van der Waals surface area contributed by atoms with E-state index < -0.39 is 11.9 Å².